The van der Waals surface area contributed by atoms with Gasteiger partial charge in [-0.2, -0.15) is 0 Å². The van der Waals surface area contributed by atoms with Crippen LogP contribution in [0.1, 0.15) is 213 Å². The number of sulfone groups is 3. The van der Waals surface area contributed by atoms with Gasteiger partial charge < -0.3 is 0 Å². The van der Waals surface area contributed by atoms with E-state index < -0.39 is 58.1 Å². The van der Waals surface area contributed by atoms with Crippen LogP contribution in [0.25, 0.3) is 0 Å². The molecule has 0 saturated heterocycles. The fourth-order valence-electron chi connectivity index (χ4n) is 6.48. The molecule has 0 rings (SSSR count). The Morgan fingerprint density at radius 2 is 0.447 bits per heavy atom. The molecule has 0 N–H and O–H groups in total. The maximum atomic E-state index is 13.8. The summed E-state index contributed by atoms with van der Waals surface area (Å²) >= 11 is -0.458. The minimum atomic E-state index is -4.38. The molecule has 0 aliphatic rings. The second kappa shape index (κ2) is 29.4. The summed E-state index contributed by atoms with van der Waals surface area (Å²) in [6, 6.07) is 0. The van der Waals surface area contributed by atoms with Crippen molar-refractivity contribution >= 4 is 57.4 Å². The second-order valence-electron chi connectivity index (χ2n) is 14.4. The van der Waals surface area contributed by atoms with E-state index in [9.17, 15) is 25.3 Å². The second-order valence-corrected chi connectivity index (χ2v) is 26.2. The first-order valence-electron chi connectivity index (χ1n) is 20.1. The summed E-state index contributed by atoms with van der Waals surface area (Å²) < 4.78 is 80.3. The zero-order valence-electron chi connectivity index (χ0n) is 31.5. The standard InChI is InChI=1S/C37H75O6S3.Na/c1-4-7-10-13-16-19-22-25-28-31-34-44(38,39)37(45(40,41)35-32-29-26-23-20-17-14-11-8-5-2)46(42,43)36-33-30-27-24-21-18-15-12-9-6-3;/h4-36H2,1-3H3;. The molecule has 0 amide bonds. The fraction of sp³-hybridized carbons (Fsp3) is 1.00. The molecule has 0 saturated carbocycles. The van der Waals surface area contributed by atoms with Crippen LogP contribution in [0.5, 0.6) is 0 Å². The Hall–Kier alpha value is 0.850. The van der Waals surface area contributed by atoms with Crippen molar-refractivity contribution in [2.24, 2.45) is 0 Å². The predicted molar refractivity (Wildman–Crippen MR) is 205 cm³/mol. The van der Waals surface area contributed by atoms with Gasteiger partial charge >= 0.3 is 274 Å². The van der Waals surface area contributed by atoms with Crippen LogP contribution >= 0.6 is 0 Å². The van der Waals surface area contributed by atoms with Crippen LogP contribution in [0.3, 0.4) is 0 Å². The van der Waals surface area contributed by atoms with Crippen LogP contribution in [-0.4, -0.2) is 71.1 Å². The van der Waals surface area contributed by atoms with E-state index in [0.717, 1.165) is 57.8 Å². The van der Waals surface area contributed by atoms with Gasteiger partial charge in [-0.15, -0.1) is 0 Å². The number of unbranched alkanes of at least 4 members (excludes halogenated alkanes) is 27. The molecular formula is C37H75NaO6S3. The molecule has 0 atom stereocenters. The zero-order chi connectivity index (χ0) is 35.3. The summed E-state index contributed by atoms with van der Waals surface area (Å²) in [6.45, 7) is 6.61. The predicted octanol–water partition coefficient (Wildman–Crippen LogP) is 10.8. The summed E-state index contributed by atoms with van der Waals surface area (Å²) in [5.74, 6) is -1.08. The summed E-state index contributed by atoms with van der Waals surface area (Å²) in [5.41, 5.74) is 0. The molecule has 0 radical (unpaired) electrons. The summed E-state index contributed by atoms with van der Waals surface area (Å²) in [7, 11) is -13.2. The van der Waals surface area contributed by atoms with Crippen LogP contribution < -0.4 is 0 Å². The van der Waals surface area contributed by atoms with Crippen LogP contribution in [-0.2, 0) is 29.5 Å². The molecule has 0 aliphatic carbocycles. The molecule has 0 spiro atoms. The first kappa shape index (κ1) is 47.8. The van der Waals surface area contributed by atoms with Gasteiger partial charge in [0.25, 0.3) is 0 Å². The van der Waals surface area contributed by atoms with E-state index in [-0.39, 0.29) is 17.3 Å². The SMILES string of the molecule is CCCCCCCCCCCCS(=O)(=O)[C]([Na])(S(=O)(=O)CCCCCCCCCCCC)S(=O)(=O)CCCCCCCCCCCC. The van der Waals surface area contributed by atoms with Crippen LogP contribution in [0.4, 0.5) is 0 Å². The molecule has 0 aromatic rings. The van der Waals surface area contributed by atoms with Gasteiger partial charge in [-0.1, -0.05) is 40.0 Å². The number of hydrogen-bond acceptors (Lipinski definition) is 6. The molecule has 0 unspecified atom stereocenters. The van der Waals surface area contributed by atoms with E-state index in [1.165, 1.54) is 96.3 Å². The van der Waals surface area contributed by atoms with Crippen molar-refractivity contribution in [2.75, 3.05) is 17.3 Å². The molecule has 0 aliphatic heterocycles. The van der Waals surface area contributed by atoms with Gasteiger partial charge in [-0.25, -0.2) is 0 Å². The third kappa shape index (κ3) is 21.1. The minimum absolute atomic E-state index is 0.323. The molecule has 0 aromatic carbocycles. The Kier molecular flexibility index (Phi) is 30.0. The van der Waals surface area contributed by atoms with Crippen molar-refractivity contribution in [3.05, 3.63) is 0 Å². The summed E-state index contributed by atoms with van der Waals surface area (Å²) in [4.78, 5) is 0. The quantitative estimate of drug-likeness (QED) is 0.0469. The van der Waals surface area contributed by atoms with Gasteiger partial charge in [0.1, 0.15) is 0 Å². The van der Waals surface area contributed by atoms with E-state index in [0.29, 0.717) is 38.5 Å². The molecule has 0 bridgehead atoms. The van der Waals surface area contributed by atoms with Crippen molar-refractivity contribution in [3.63, 3.8) is 0 Å². The Morgan fingerprint density at radius 1 is 0.298 bits per heavy atom. The fourth-order valence-corrected chi connectivity index (χ4v) is 17.3. The number of hydrogen-bond donors (Lipinski definition) is 0. The van der Waals surface area contributed by atoms with E-state index in [1.54, 1.807) is 0 Å². The molecule has 0 aromatic heterocycles. The summed E-state index contributed by atoms with van der Waals surface area (Å²) in [6.07, 6.45) is 30.7. The third-order valence-corrected chi connectivity index (χ3v) is 26.0. The number of rotatable bonds is 36. The Labute approximate surface area is 311 Å². The Bertz CT molecular complexity index is 911. The van der Waals surface area contributed by atoms with Crippen molar-refractivity contribution in [1.29, 1.82) is 0 Å². The third-order valence-electron chi connectivity index (χ3n) is 9.99. The maximum absolute atomic E-state index is 13.8. The molecule has 6 nitrogen and oxygen atoms in total. The van der Waals surface area contributed by atoms with Crippen LogP contribution in [0.15, 0.2) is 0 Å². The molecule has 0 heterocycles. The van der Waals surface area contributed by atoms with Gasteiger partial charge in [0.15, 0.2) is 0 Å². The van der Waals surface area contributed by atoms with E-state index in [4.69, 9.17) is 0 Å². The normalized spacial score (nSPS) is 13.0. The smallest absolute Gasteiger partial charge is 0.0654 e. The topological polar surface area (TPSA) is 102 Å². The van der Waals surface area contributed by atoms with Crippen LogP contribution in [0, 0.1) is 0 Å². The van der Waals surface area contributed by atoms with Crippen LogP contribution in [0.2, 0.25) is 0 Å². The van der Waals surface area contributed by atoms with Gasteiger partial charge in [0.05, 0.1) is 0 Å². The molecule has 47 heavy (non-hydrogen) atoms. The molecule has 10 heteroatoms. The van der Waals surface area contributed by atoms with Gasteiger partial charge in [0.2, 0.25) is 0 Å². The zero-order valence-corrected chi connectivity index (χ0v) is 36.0. The van der Waals surface area contributed by atoms with E-state index in [2.05, 4.69) is 20.8 Å². The average molecular weight is 735 g/mol. The minimum Gasteiger partial charge on any atom is -0.0654 e. The molecule has 278 valence electrons. The van der Waals surface area contributed by atoms with Gasteiger partial charge in [-0.3, -0.25) is 0 Å². The molecule has 0 fully saturated rings. The Balaban J connectivity index is 5.18. The van der Waals surface area contributed by atoms with E-state index in [1.807, 2.05) is 0 Å². The van der Waals surface area contributed by atoms with Crippen molar-refractivity contribution in [2.45, 2.75) is 214 Å². The first-order chi connectivity index (χ1) is 22.4. The summed E-state index contributed by atoms with van der Waals surface area (Å²) in [5, 5.41) is 0. The molecular weight excluding hydrogens is 660 g/mol. The van der Waals surface area contributed by atoms with Gasteiger partial charge in [0, 0.05) is 0 Å². The first-order valence-corrected chi connectivity index (χ1v) is 26.1. The van der Waals surface area contributed by atoms with Crippen molar-refractivity contribution < 1.29 is 25.3 Å². The van der Waals surface area contributed by atoms with Crippen molar-refractivity contribution in [1.82, 2.24) is 0 Å². The average Bonchev–Trinajstić information content (AvgIpc) is 3.03. The monoisotopic (exact) mass is 734 g/mol. The Morgan fingerprint density at radius 3 is 0.617 bits per heavy atom. The van der Waals surface area contributed by atoms with Crippen molar-refractivity contribution in [3.8, 4) is 0 Å². The van der Waals surface area contributed by atoms with Gasteiger partial charge in [-0.05, 0) is 0 Å². The van der Waals surface area contributed by atoms with E-state index >= 15 is 0 Å².